The molecule has 2 N–H and O–H groups in total. The molecule has 226 valence electrons. The minimum atomic E-state index is -1.39. The van der Waals surface area contributed by atoms with Gasteiger partial charge in [-0.05, 0) is 56.3 Å². The van der Waals surface area contributed by atoms with Gasteiger partial charge in [-0.15, -0.1) is 6.58 Å². The second-order valence-electron chi connectivity index (χ2n) is 9.62. The third-order valence-electron chi connectivity index (χ3n) is 6.77. The van der Waals surface area contributed by atoms with E-state index in [0.717, 1.165) is 10.5 Å². The number of benzene rings is 3. The van der Waals surface area contributed by atoms with Gasteiger partial charge in [0, 0.05) is 25.2 Å². The highest BCUT2D eigenvalue weighted by atomic mass is 127. The fourth-order valence-corrected chi connectivity index (χ4v) is 5.61. The summed E-state index contributed by atoms with van der Waals surface area (Å²) in [6.07, 6.45) is 1.49. The Hall–Kier alpha value is -3.18. The van der Waals surface area contributed by atoms with Gasteiger partial charge in [0.15, 0.2) is 11.6 Å². The zero-order valence-corrected chi connectivity index (χ0v) is 27.1. The Balaban J connectivity index is 1.67. The molecule has 1 atom stereocenters. The molecule has 4 rings (SSSR count). The maximum Gasteiger partial charge on any atom is 0.332 e. The van der Waals surface area contributed by atoms with Crippen molar-refractivity contribution in [2.75, 3.05) is 26.2 Å². The SMILES string of the molecule is C=CCN(C(=O)NCc1ccccc1)N1CCN(Cc2c(F)c(F)c(I)c(I)c2F)C(=O)[C@H](c2ccccc2)NC(=O)C1. The highest BCUT2D eigenvalue weighted by Gasteiger charge is 2.34. The van der Waals surface area contributed by atoms with Gasteiger partial charge in [0.05, 0.1) is 26.8 Å². The molecule has 1 aliphatic rings. The van der Waals surface area contributed by atoms with Crippen molar-refractivity contribution >= 4 is 63.0 Å². The molecule has 0 unspecified atom stereocenters. The summed E-state index contributed by atoms with van der Waals surface area (Å²) >= 11 is 3.12. The second-order valence-corrected chi connectivity index (χ2v) is 11.8. The summed E-state index contributed by atoms with van der Waals surface area (Å²) < 4.78 is 44.6. The van der Waals surface area contributed by atoms with E-state index in [2.05, 4.69) is 17.2 Å². The number of carbonyl (C=O) groups excluding carboxylic acids is 3. The van der Waals surface area contributed by atoms with Gasteiger partial charge in [0.1, 0.15) is 11.9 Å². The van der Waals surface area contributed by atoms with Gasteiger partial charge in [-0.1, -0.05) is 66.7 Å². The summed E-state index contributed by atoms with van der Waals surface area (Å²) in [7, 11) is 0. The molecular formula is C30H28F3I2N5O3. The zero-order chi connectivity index (χ0) is 31.1. The lowest BCUT2D eigenvalue weighted by atomic mass is 10.0. The molecule has 1 heterocycles. The molecule has 1 aliphatic heterocycles. The van der Waals surface area contributed by atoms with E-state index in [1.165, 1.54) is 38.7 Å². The fourth-order valence-electron chi connectivity index (χ4n) is 4.57. The predicted molar refractivity (Wildman–Crippen MR) is 172 cm³/mol. The number of nitrogens with zero attached hydrogens (tertiary/aromatic N) is 3. The number of urea groups is 1. The summed E-state index contributed by atoms with van der Waals surface area (Å²) in [5, 5.41) is 8.25. The van der Waals surface area contributed by atoms with E-state index < -0.39 is 53.4 Å². The van der Waals surface area contributed by atoms with Crippen molar-refractivity contribution < 1.29 is 27.6 Å². The third-order valence-corrected chi connectivity index (χ3v) is 9.82. The number of hydrogen-bond acceptors (Lipinski definition) is 4. The molecule has 3 aromatic rings. The minimum absolute atomic E-state index is 0.0355. The average molecular weight is 817 g/mol. The Morgan fingerprint density at radius 1 is 0.977 bits per heavy atom. The molecule has 0 bridgehead atoms. The summed E-state index contributed by atoms with van der Waals surface area (Å²) in [5.74, 6) is -4.76. The lowest BCUT2D eigenvalue weighted by molar-refractivity contribution is -0.136. The van der Waals surface area contributed by atoms with Crippen molar-refractivity contribution in [3.63, 3.8) is 0 Å². The molecule has 4 amide bonds. The number of halogens is 5. The maximum atomic E-state index is 15.3. The molecule has 0 saturated carbocycles. The van der Waals surface area contributed by atoms with Crippen LogP contribution in [0.1, 0.15) is 22.7 Å². The van der Waals surface area contributed by atoms with Crippen molar-refractivity contribution in [3.05, 3.63) is 115 Å². The number of carbonyl (C=O) groups is 3. The Morgan fingerprint density at radius 3 is 2.26 bits per heavy atom. The number of amides is 4. The van der Waals surface area contributed by atoms with E-state index in [9.17, 15) is 18.8 Å². The molecule has 0 aromatic heterocycles. The summed E-state index contributed by atoms with van der Waals surface area (Å²) in [6, 6.07) is 16.0. The van der Waals surface area contributed by atoms with Gasteiger partial charge >= 0.3 is 6.03 Å². The number of nitrogens with one attached hydrogen (secondary N) is 2. The van der Waals surface area contributed by atoms with Crippen LogP contribution in [-0.2, 0) is 22.7 Å². The van der Waals surface area contributed by atoms with Crippen LogP contribution in [0, 0.1) is 24.6 Å². The first-order valence-electron chi connectivity index (χ1n) is 13.2. The zero-order valence-electron chi connectivity index (χ0n) is 22.8. The van der Waals surface area contributed by atoms with Crippen LogP contribution in [0.3, 0.4) is 0 Å². The molecule has 3 aromatic carbocycles. The lowest BCUT2D eigenvalue weighted by Crippen LogP contribution is -2.54. The fraction of sp³-hybridized carbons (Fsp3) is 0.233. The van der Waals surface area contributed by atoms with Crippen LogP contribution in [0.15, 0.2) is 73.3 Å². The minimum Gasteiger partial charge on any atom is -0.339 e. The first-order chi connectivity index (χ1) is 20.6. The largest absolute Gasteiger partial charge is 0.339 e. The van der Waals surface area contributed by atoms with Crippen molar-refractivity contribution in [1.29, 1.82) is 0 Å². The number of hydrazine groups is 1. The van der Waals surface area contributed by atoms with E-state index >= 15 is 8.78 Å². The van der Waals surface area contributed by atoms with E-state index in [-0.39, 0.29) is 39.9 Å². The van der Waals surface area contributed by atoms with Crippen molar-refractivity contribution in [2.45, 2.75) is 19.1 Å². The number of rotatable bonds is 8. The standard InChI is InChI=1S/C30H28F3I2N5O3/c1-2-13-40(30(43)36-16-19-9-5-3-6-10-19)39-15-14-38(17-21-23(31)25(33)27(35)26(34)24(21)32)29(42)28(37-22(41)18-39)20-11-7-4-8-12-20/h2-12,28H,1,13-18H2,(H,36,43)(H,37,41)/t28-/m0/s1. The highest BCUT2D eigenvalue weighted by Crippen LogP contribution is 2.29. The predicted octanol–water partition coefficient (Wildman–Crippen LogP) is 5.13. The maximum absolute atomic E-state index is 15.3. The molecule has 13 heteroatoms. The molecule has 0 aliphatic carbocycles. The van der Waals surface area contributed by atoms with Crippen molar-refractivity contribution in [1.82, 2.24) is 25.6 Å². The first kappa shape index (κ1) is 32.7. The summed E-state index contributed by atoms with van der Waals surface area (Å²) in [6.45, 7) is 2.89. The van der Waals surface area contributed by atoms with Crippen LogP contribution in [0.4, 0.5) is 18.0 Å². The van der Waals surface area contributed by atoms with Gasteiger partial charge in [-0.2, -0.15) is 0 Å². The quantitative estimate of drug-likeness (QED) is 0.143. The van der Waals surface area contributed by atoms with Crippen LogP contribution < -0.4 is 10.6 Å². The van der Waals surface area contributed by atoms with E-state index in [1.807, 2.05) is 30.3 Å². The molecule has 1 saturated heterocycles. The van der Waals surface area contributed by atoms with E-state index in [4.69, 9.17) is 0 Å². The highest BCUT2D eigenvalue weighted by molar-refractivity contribution is 14.1. The molecule has 43 heavy (non-hydrogen) atoms. The Labute approximate surface area is 274 Å². The van der Waals surface area contributed by atoms with Crippen LogP contribution >= 0.6 is 45.2 Å². The van der Waals surface area contributed by atoms with Crippen LogP contribution in [0.25, 0.3) is 0 Å². The molecule has 8 nitrogen and oxygen atoms in total. The van der Waals surface area contributed by atoms with Gasteiger partial charge < -0.3 is 15.5 Å². The second kappa shape index (κ2) is 15.0. The van der Waals surface area contributed by atoms with Crippen LogP contribution in [0.5, 0.6) is 0 Å². The normalized spacial score (nSPS) is 16.1. The third kappa shape index (κ3) is 7.86. The van der Waals surface area contributed by atoms with E-state index in [1.54, 1.807) is 52.9 Å². The Morgan fingerprint density at radius 2 is 1.60 bits per heavy atom. The molecule has 0 spiro atoms. The Bertz CT molecular complexity index is 1470. The Kier molecular flexibility index (Phi) is 11.4. The summed E-state index contributed by atoms with van der Waals surface area (Å²) in [4.78, 5) is 41.6. The molecule has 1 fully saturated rings. The lowest BCUT2D eigenvalue weighted by Gasteiger charge is -2.34. The van der Waals surface area contributed by atoms with Crippen molar-refractivity contribution in [3.8, 4) is 0 Å². The molecular weight excluding hydrogens is 789 g/mol. The first-order valence-corrected chi connectivity index (χ1v) is 15.4. The van der Waals surface area contributed by atoms with Crippen molar-refractivity contribution in [2.24, 2.45) is 0 Å². The monoisotopic (exact) mass is 817 g/mol. The van der Waals surface area contributed by atoms with Crippen LogP contribution in [-0.4, -0.2) is 58.9 Å². The summed E-state index contributed by atoms with van der Waals surface area (Å²) in [5.41, 5.74) is 0.706. The van der Waals surface area contributed by atoms with Gasteiger partial charge in [0.25, 0.3) is 0 Å². The van der Waals surface area contributed by atoms with Crippen LogP contribution in [0.2, 0.25) is 0 Å². The van der Waals surface area contributed by atoms with Gasteiger partial charge in [-0.25, -0.2) is 23.0 Å². The van der Waals surface area contributed by atoms with E-state index in [0.29, 0.717) is 5.56 Å². The smallest absolute Gasteiger partial charge is 0.332 e. The number of hydrogen-bond donors (Lipinski definition) is 2. The van der Waals surface area contributed by atoms with Gasteiger partial charge in [-0.3, -0.25) is 14.6 Å². The topological polar surface area (TPSA) is 85.0 Å². The van der Waals surface area contributed by atoms with Gasteiger partial charge in [0.2, 0.25) is 11.8 Å². The molecule has 0 radical (unpaired) electrons. The average Bonchev–Trinajstić information content (AvgIpc) is 3.08.